The van der Waals surface area contributed by atoms with E-state index in [1.54, 1.807) is 4.68 Å². The second-order valence-electron chi connectivity index (χ2n) is 5.53. The van der Waals surface area contributed by atoms with E-state index in [9.17, 15) is 5.11 Å². The minimum absolute atomic E-state index is 0.0834. The fourth-order valence-corrected chi connectivity index (χ4v) is 3.15. The van der Waals surface area contributed by atoms with Crippen molar-refractivity contribution >= 4 is 0 Å². The van der Waals surface area contributed by atoms with Crippen LogP contribution in [0.4, 0.5) is 0 Å². The maximum atomic E-state index is 10.8. The first kappa shape index (κ1) is 13.3. The molecule has 1 N–H and O–H groups in total. The van der Waals surface area contributed by atoms with Crippen molar-refractivity contribution in [2.75, 3.05) is 0 Å². The third-order valence-corrected chi connectivity index (χ3v) is 4.25. The topological polar surface area (TPSA) is 50.9 Å². The molecule has 4 nitrogen and oxygen atoms in total. The summed E-state index contributed by atoms with van der Waals surface area (Å²) in [6.45, 7) is 2.08. The predicted molar refractivity (Wildman–Crippen MR) is 77.5 cm³/mol. The Kier molecular flexibility index (Phi) is 3.57. The number of aryl methyl sites for hydroxylation is 3. The molecule has 2 atom stereocenters. The molecule has 2 unspecified atom stereocenters. The molecule has 0 bridgehead atoms. The molecule has 2 aromatic rings. The highest BCUT2D eigenvalue weighted by Crippen LogP contribution is 2.39. The van der Waals surface area contributed by atoms with Crippen LogP contribution in [0.2, 0.25) is 0 Å². The monoisotopic (exact) mass is 271 g/mol. The van der Waals surface area contributed by atoms with Crippen LogP contribution < -0.4 is 0 Å². The van der Waals surface area contributed by atoms with Crippen LogP contribution in [0.15, 0.2) is 24.4 Å². The van der Waals surface area contributed by atoms with Gasteiger partial charge in [0, 0.05) is 24.9 Å². The molecule has 0 amide bonds. The lowest BCUT2D eigenvalue weighted by Gasteiger charge is -2.28. The summed E-state index contributed by atoms with van der Waals surface area (Å²) in [7, 11) is 1.90. The molecule has 106 valence electrons. The molecule has 3 rings (SSSR count). The van der Waals surface area contributed by atoms with Crippen LogP contribution in [-0.2, 0) is 19.9 Å². The van der Waals surface area contributed by atoms with Crippen LogP contribution in [0, 0.1) is 0 Å². The van der Waals surface area contributed by atoms with E-state index in [0.717, 1.165) is 42.8 Å². The number of hydrogen-bond donors (Lipinski definition) is 1. The van der Waals surface area contributed by atoms with Crippen molar-refractivity contribution in [3.63, 3.8) is 0 Å². The third-order valence-electron chi connectivity index (χ3n) is 4.25. The standard InChI is InChI=1S/C16H21N3O/c1-3-12-10-14(19(2)18-12)16(20)13-8-4-6-11-7-5-9-17-15(11)13/h5,7,9-10,13,16,20H,3-4,6,8H2,1-2H3. The lowest BCUT2D eigenvalue weighted by Crippen LogP contribution is -2.20. The van der Waals surface area contributed by atoms with Gasteiger partial charge in [-0.1, -0.05) is 13.0 Å². The van der Waals surface area contributed by atoms with Crippen LogP contribution in [-0.4, -0.2) is 19.9 Å². The first-order chi connectivity index (χ1) is 9.70. The molecule has 0 aliphatic heterocycles. The predicted octanol–water partition coefficient (Wildman–Crippen LogP) is 2.53. The Labute approximate surface area is 119 Å². The van der Waals surface area contributed by atoms with Crippen molar-refractivity contribution in [2.24, 2.45) is 7.05 Å². The molecule has 2 heterocycles. The highest BCUT2D eigenvalue weighted by atomic mass is 16.3. The minimum atomic E-state index is -0.526. The van der Waals surface area contributed by atoms with Crippen LogP contribution in [0.25, 0.3) is 0 Å². The zero-order chi connectivity index (χ0) is 14.1. The molecule has 0 saturated carbocycles. The fourth-order valence-electron chi connectivity index (χ4n) is 3.15. The number of aliphatic hydroxyl groups is 1. The Morgan fingerprint density at radius 2 is 2.35 bits per heavy atom. The van der Waals surface area contributed by atoms with Gasteiger partial charge >= 0.3 is 0 Å². The summed E-state index contributed by atoms with van der Waals surface area (Å²) in [5.74, 6) is 0.0834. The molecule has 0 aromatic carbocycles. The number of aliphatic hydroxyl groups excluding tert-OH is 1. The Balaban J connectivity index is 1.95. The first-order valence-electron chi connectivity index (χ1n) is 7.35. The van der Waals surface area contributed by atoms with Gasteiger partial charge in [-0.15, -0.1) is 0 Å². The summed E-state index contributed by atoms with van der Waals surface area (Å²) < 4.78 is 1.81. The lowest BCUT2D eigenvalue weighted by molar-refractivity contribution is 0.125. The number of fused-ring (bicyclic) bond motifs is 1. The summed E-state index contributed by atoms with van der Waals surface area (Å²) in [6, 6.07) is 6.12. The molecule has 20 heavy (non-hydrogen) atoms. The molecule has 0 spiro atoms. The number of hydrogen-bond acceptors (Lipinski definition) is 3. The number of pyridine rings is 1. The van der Waals surface area contributed by atoms with Gasteiger partial charge in [-0.25, -0.2) is 0 Å². The van der Waals surface area contributed by atoms with Crippen molar-refractivity contribution in [1.82, 2.24) is 14.8 Å². The molecule has 2 aromatic heterocycles. The highest BCUT2D eigenvalue weighted by molar-refractivity contribution is 5.29. The van der Waals surface area contributed by atoms with Crippen LogP contribution in [0.3, 0.4) is 0 Å². The molecular weight excluding hydrogens is 250 g/mol. The van der Waals surface area contributed by atoms with Gasteiger partial charge < -0.3 is 5.11 Å². The summed E-state index contributed by atoms with van der Waals surface area (Å²) in [5.41, 5.74) is 4.26. The van der Waals surface area contributed by atoms with Gasteiger partial charge in [0.25, 0.3) is 0 Å². The SMILES string of the molecule is CCc1cc(C(O)C2CCCc3cccnc32)n(C)n1. The molecule has 1 aliphatic rings. The lowest BCUT2D eigenvalue weighted by atomic mass is 9.82. The average molecular weight is 271 g/mol. The number of nitrogens with zero attached hydrogens (tertiary/aromatic N) is 3. The molecular formula is C16H21N3O. The molecule has 4 heteroatoms. The van der Waals surface area contributed by atoms with E-state index in [4.69, 9.17) is 0 Å². The summed E-state index contributed by atoms with van der Waals surface area (Å²) in [4.78, 5) is 4.51. The normalized spacial score (nSPS) is 19.6. The Morgan fingerprint density at radius 1 is 1.50 bits per heavy atom. The van der Waals surface area contributed by atoms with Crippen molar-refractivity contribution in [3.8, 4) is 0 Å². The van der Waals surface area contributed by atoms with E-state index in [-0.39, 0.29) is 5.92 Å². The van der Waals surface area contributed by atoms with E-state index in [1.807, 2.05) is 25.4 Å². The first-order valence-corrected chi connectivity index (χ1v) is 7.35. The van der Waals surface area contributed by atoms with Crippen molar-refractivity contribution in [1.29, 1.82) is 0 Å². The molecule has 0 saturated heterocycles. The molecule has 1 aliphatic carbocycles. The smallest absolute Gasteiger partial charge is 0.104 e. The summed E-state index contributed by atoms with van der Waals surface area (Å²) >= 11 is 0. The quantitative estimate of drug-likeness (QED) is 0.933. The minimum Gasteiger partial charge on any atom is -0.386 e. The molecule has 0 fully saturated rings. The number of aromatic nitrogens is 3. The Morgan fingerprint density at radius 3 is 3.10 bits per heavy atom. The largest absolute Gasteiger partial charge is 0.386 e. The zero-order valence-corrected chi connectivity index (χ0v) is 12.1. The maximum absolute atomic E-state index is 10.8. The maximum Gasteiger partial charge on any atom is 0.104 e. The third kappa shape index (κ3) is 2.24. The summed E-state index contributed by atoms with van der Waals surface area (Å²) in [6.07, 6.45) is 5.35. The van der Waals surface area contributed by atoms with Gasteiger partial charge in [-0.3, -0.25) is 9.67 Å². The van der Waals surface area contributed by atoms with Crippen molar-refractivity contribution in [3.05, 3.63) is 47.0 Å². The van der Waals surface area contributed by atoms with Crippen LogP contribution in [0.5, 0.6) is 0 Å². The van der Waals surface area contributed by atoms with Gasteiger partial charge in [0.05, 0.1) is 11.4 Å². The van der Waals surface area contributed by atoms with Gasteiger partial charge in [0.1, 0.15) is 6.10 Å². The van der Waals surface area contributed by atoms with E-state index in [1.165, 1.54) is 5.56 Å². The zero-order valence-electron chi connectivity index (χ0n) is 12.1. The number of rotatable bonds is 3. The van der Waals surface area contributed by atoms with Crippen LogP contribution in [0.1, 0.15) is 54.4 Å². The van der Waals surface area contributed by atoms with E-state index in [2.05, 4.69) is 23.1 Å². The Bertz CT molecular complexity index is 606. The average Bonchev–Trinajstić information content (AvgIpc) is 2.87. The van der Waals surface area contributed by atoms with Gasteiger partial charge in [0.2, 0.25) is 0 Å². The Hall–Kier alpha value is -1.68. The second-order valence-corrected chi connectivity index (χ2v) is 5.53. The van der Waals surface area contributed by atoms with Gasteiger partial charge in [-0.2, -0.15) is 5.10 Å². The summed E-state index contributed by atoms with van der Waals surface area (Å²) in [5, 5.41) is 15.2. The van der Waals surface area contributed by atoms with Crippen LogP contribution >= 0.6 is 0 Å². The van der Waals surface area contributed by atoms with Crippen molar-refractivity contribution < 1.29 is 5.11 Å². The van der Waals surface area contributed by atoms with E-state index >= 15 is 0 Å². The van der Waals surface area contributed by atoms with Crippen molar-refractivity contribution in [2.45, 2.75) is 44.6 Å². The van der Waals surface area contributed by atoms with Gasteiger partial charge in [0.15, 0.2) is 0 Å². The van der Waals surface area contributed by atoms with Gasteiger partial charge in [-0.05, 0) is 43.4 Å². The second kappa shape index (κ2) is 5.37. The van der Waals surface area contributed by atoms with E-state index in [0.29, 0.717) is 0 Å². The highest BCUT2D eigenvalue weighted by Gasteiger charge is 2.30. The van der Waals surface area contributed by atoms with E-state index < -0.39 is 6.10 Å². The molecule has 0 radical (unpaired) electrons. The fraction of sp³-hybridized carbons (Fsp3) is 0.500.